The van der Waals surface area contributed by atoms with E-state index in [-0.39, 0.29) is 5.97 Å². The van der Waals surface area contributed by atoms with Crippen molar-refractivity contribution >= 4 is 22.9 Å². The summed E-state index contributed by atoms with van der Waals surface area (Å²) in [4.78, 5) is 12.7. The smallest absolute Gasteiger partial charge is 0.342 e. The Hall–Kier alpha value is -2.07. The highest BCUT2D eigenvalue weighted by Crippen LogP contribution is 2.28. The number of hydrogen-bond donors (Lipinski definition) is 0. The number of benzene rings is 1. The van der Waals surface area contributed by atoms with E-state index in [4.69, 9.17) is 9.47 Å². The molecule has 0 atom stereocenters. The summed E-state index contributed by atoms with van der Waals surface area (Å²) in [7, 11) is 2.89. The minimum atomic E-state index is -0.386. The fourth-order valence-electron chi connectivity index (χ4n) is 1.95. The maximum Gasteiger partial charge on any atom is 0.342 e. The zero-order valence-electron chi connectivity index (χ0n) is 11.5. The summed E-state index contributed by atoms with van der Waals surface area (Å²) in [6.07, 6.45) is 2.21. The fraction of sp³-hybridized carbons (Fsp3) is 0.188. The van der Waals surface area contributed by atoms with E-state index in [9.17, 15) is 4.79 Å². The highest BCUT2D eigenvalue weighted by Gasteiger charge is 2.18. The molecule has 0 radical (unpaired) electrons. The highest BCUT2D eigenvalue weighted by atomic mass is 32.1. The van der Waals surface area contributed by atoms with Crippen molar-refractivity contribution < 1.29 is 14.3 Å². The van der Waals surface area contributed by atoms with Gasteiger partial charge in [-0.3, -0.25) is 0 Å². The first-order chi connectivity index (χ1) is 9.76. The molecule has 0 spiro atoms. The van der Waals surface area contributed by atoms with Crippen molar-refractivity contribution in [3.8, 4) is 0 Å². The number of rotatable bonds is 5. The monoisotopic (exact) mass is 288 g/mol. The van der Waals surface area contributed by atoms with Crippen molar-refractivity contribution in [1.29, 1.82) is 0 Å². The van der Waals surface area contributed by atoms with Crippen molar-refractivity contribution in [1.82, 2.24) is 0 Å². The summed E-state index contributed by atoms with van der Waals surface area (Å²) in [6.45, 7) is 0. The molecule has 0 bridgehead atoms. The molecule has 0 aliphatic heterocycles. The Morgan fingerprint density at radius 3 is 2.60 bits per heavy atom. The number of methoxy groups -OCH3 is 2. The van der Waals surface area contributed by atoms with Gasteiger partial charge in [0.1, 0.15) is 5.57 Å². The van der Waals surface area contributed by atoms with Crippen molar-refractivity contribution in [3.63, 3.8) is 0 Å². The average molecular weight is 288 g/mol. The molecular formula is C16H16O3S. The Kier molecular flexibility index (Phi) is 4.96. The summed E-state index contributed by atoms with van der Waals surface area (Å²) in [6, 6.07) is 12.2. The van der Waals surface area contributed by atoms with E-state index < -0.39 is 0 Å². The Morgan fingerprint density at radius 1 is 1.20 bits per heavy atom. The van der Waals surface area contributed by atoms with Crippen LogP contribution in [0.25, 0.3) is 5.57 Å². The van der Waals surface area contributed by atoms with Crippen LogP contribution in [0.5, 0.6) is 0 Å². The Morgan fingerprint density at radius 2 is 1.95 bits per heavy atom. The van der Waals surface area contributed by atoms with Crippen molar-refractivity contribution in [2.45, 2.75) is 6.42 Å². The SMILES string of the molecule is CO/C=C(/C(=O)OC)c1sccc1Cc1ccccc1. The normalized spacial score (nSPS) is 11.2. The zero-order valence-corrected chi connectivity index (χ0v) is 12.3. The second-order valence-corrected chi connectivity index (χ2v) is 5.11. The summed E-state index contributed by atoms with van der Waals surface area (Å²) >= 11 is 1.51. The molecule has 1 aromatic carbocycles. The molecule has 104 valence electrons. The summed E-state index contributed by atoms with van der Waals surface area (Å²) < 4.78 is 9.81. The Balaban J connectivity index is 2.32. The van der Waals surface area contributed by atoms with E-state index in [1.807, 2.05) is 29.6 Å². The number of esters is 1. The predicted molar refractivity (Wildman–Crippen MR) is 80.6 cm³/mol. The number of hydrogen-bond acceptors (Lipinski definition) is 4. The predicted octanol–water partition coefficient (Wildman–Crippen LogP) is 3.50. The lowest BCUT2D eigenvalue weighted by Gasteiger charge is -2.07. The lowest BCUT2D eigenvalue weighted by atomic mass is 10.0. The molecule has 0 amide bonds. The lowest BCUT2D eigenvalue weighted by molar-refractivity contribution is -0.133. The van der Waals surface area contributed by atoms with E-state index in [2.05, 4.69) is 12.1 Å². The van der Waals surface area contributed by atoms with Gasteiger partial charge in [0.15, 0.2) is 0 Å². The van der Waals surface area contributed by atoms with Gasteiger partial charge in [0, 0.05) is 4.88 Å². The van der Waals surface area contributed by atoms with E-state index in [1.165, 1.54) is 37.4 Å². The molecule has 0 N–H and O–H groups in total. The third-order valence-corrected chi connectivity index (χ3v) is 3.86. The van der Waals surface area contributed by atoms with Gasteiger partial charge >= 0.3 is 5.97 Å². The van der Waals surface area contributed by atoms with E-state index >= 15 is 0 Å². The second kappa shape index (κ2) is 6.91. The number of ether oxygens (including phenoxy) is 2. The number of carbonyl (C=O) groups is 1. The van der Waals surface area contributed by atoms with Crippen LogP contribution >= 0.6 is 11.3 Å². The first-order valence-corrected chi connectivity index (χ1v) is 7.06. The van der Waals surface area contributed by atoms with Crippen LogP contribution in [0.2, 0.25) is 0 Å². The minimum absolute atomic E-state index is 0.386. The molecule has 0 fully saturated rings. The van der Waals surface area contributed by atoms with Crippen LogP contribution in [0.1, 0.15) is 16.0 Å². The van der Waals surface area contributed by atoms with Gasteiger partial charge in [0.2, 0.25) is 0 Å². The molecule has 0 saturated carbocycles. The van der Waals surface area contributed by atoms with Crippen LogP contribution in [0, 0.1) is 0 Å². The summed E-state index contributed by atoms with van der Waals surface area (Å²) in [5.74, 6) is -0.386. The molecule has 3 nitrogen and oxygen atoms in total. The molecule has 4 heteroatoms. The van der Waals surface area contributed by atoms with Gasteiger partial charge in [-0.05, 0) is 29.0 Å². The van der Waals surface area contributed by atoms with E-state index in [1.54, 1.807) is 0 Å². The molecule has 0 unspecified atom stereocenters. The maximum atomic E-state index is 11.8. The van der Waals surface area contributed by atoms with Gasteiger partial charge in [-0.15, -0.1) is 11.3 Å². The summed E-state index contributed by atoms with van der Waals surface area (Å²) in [5, 5.41) is 1.97. The summed E-state index contributed by atoms with van der Waals surface area (Å²) in [5.41, 5.74) is 2.75. The maximum absolute atomic E-state index is 11.8. The second-order valence-electron chi connectivity index (χ2n) is 4.20. The van der Waals surface area contributed by atoms with Gasteiger partial charge in [-0.1, -0.05) is 30.3 Å². The third-order valence-electron chi connectivity index (χ3n) is 2.87. The van der Waals surface area contributed by atoms with Crippen LogP contribution in [-0.4, -0.2) is 20.2 Å². The molecule has 1 aromatic heterocycles. The molecule has 1 heterocycles. The molecule has 20 heavy (non-hydrogen) atoms. The molecule has 0 aliphatic rings. The van der Waals surface area contributed by atoms with Gasteiger partial charge in [0.25, 0.3) is 0 Å². The van der Waals surface area contributed by atoms with Crippen LogP contribution < -0.4 is 0 Å². The van der Waals surface area contributed by atoms with Gasteiger partial charge in [-0.2, -0.15) is 0 Å². The first-order valence-electron chi connectivity index (χ1n) is 6.18. The Bertz CT molecular complexity index is 599. The molecular weight excluding hydrogens is 272 g/mol. The number of carbonyl (C=O) groups excluding carboxylic acids is 1. The Labute approximate surface area is 122 Å². The van der Waals surface area contributed by atoms with Gasteiger partial charge in [-0.25, -0.2) is 4.79 Å². The van der Waals surface area contributed by atoms with Crippen LogP contribution in [-0.2, 0) is 20.7 Å². The zero-order chi connectivity index (χ0) is 14.4. The number of thiophene rings is 1. The van der Waals surface area contributed by atoms with Gasteiger partial charge < -0.3 is 9.47 Å². The molecule has 2 rings (SSSR count). The fourth-order valence-corrected chi connectivity index (χ4v) is 2.87. The average Bonchev–Trinajstić information content (AvgIpc) is 2.93. The topological polar surface area (TPSA) is 35.5 Å². The molecule has 0 saturated heterocycles. The third kappa shape index (κ3) is 3.27. The van der Waals surface area contributed by atoms with Crippen molar-refractivity contribution in [2.75, 3.05) is 14.2 Å². The quantitative estimate of drug-likeness (QED) is 0.480. The van der Waals surface area contributed by atoms with Gasteiger partial charge in [0.05, 0.1) is 20.5 Å². The van der Waals surface area contributed by atoms with Crippen molar-refractivity contribution in [2.24, 2.45) is 0 Å². The first kappa shape index (κ1) is 14.3. The van der Waals surface area contributed by atoms with Crippen LogP contribution in [0.4, 0.5) is 0 Å². The largest absolute Gasteiger partial charge is 0.503 e. The van der Waals surface area contributed by atoms with E-state index in [0.717, 1.165) is 16.9 Å². The highest BCUT2D eigenvalue weighted by molar-refractivity contribution is 7.11. The molecule has 2 aromatic rings. The standard InChI is InChI=1S/C16H16O3S/c1-18-11-14(16(17)19-2)15-13(8-9-20-15)10-12-6-4-3-5-7-12/h3-9,11H,10H2,1-2H3/b14-11+. The van der Waals surface area contributed by atoms with Crippen LogP contribution in [0.3, 0.4) is 0 Å². The minimum Gasteiger partial charge on any atom is -0.503 e. The van der Waals surface area contributed by atoms with Crippen molar-refractivity contribution in [3.05, 3.63) is 64.0 Å². The molecule has 0 aliphatic carbocycles. The lowest BCUT2D eigenvalue weighted by Crippen LogP contribution is -2.05. The van der Waals surface area contributed by atoms with Crippen LogP contribution in [0.15, 0.2) is 48.0 Å². The van der Waals surface area contributed by atoms with E-state index in [0.29, 0.717) is 5.57 Å².